The molecular weight excluding hydrogens is 246 g/mol. The highest BCUT2D eigenvalue weighted by molar-refractivity contribution is 6.31. The quantitative estimate of drug-likeness (QED) is 0.697. The number of ketones is 1. The molecule has 100 valence electrons. The van der Waals surface area contributed by atoms with E-state index >= 15 is 0 Å². The summed E-state index contributed by atoms with van der Waals surface area (Å²) < 4.78 is 0. The Hall–Kier alpha value is -0.860. The number of hydrogen-bond donors (Lipinski definition) is 0. The number of Topliss-reactive ketones (excluding diaryl/α,β-unsaturated/α-hetero) is 1. The molecule has 0 bridgehead atoms. The zero-order valence-corrected chi connectivity index (χ0v) is 12.3. The number of nitrogens with zero attached hydrogens (tertiary/aromatic N) is 1. The monoisotopic (exact) mass is 267 g/mol. The molecule has 0 aliphatic heterocycles. The molecule has 3 heteroatoms. The highest BCUT2D eigenvalue weighted by Gasteiger charge is 2.12. The average molecular weight is 268 g/mol. The van der Waals surface area contributed by atoms with E-state index in [-0.39, 0.29) is 5.78 Å². The molecular formula is C15H22ClNO. The van der Waals surface area contributed by atoms with Gasteiger partial charge in [0.1, 0.15) is 0 Å². The lowest BCUT2D eigenvalue weighted by Gasteiger charge is -2.20. The first-order chi connectivity index (χ1) is 8.58. The molecule has 0 N–H and O–H groups in total. The van der Waals surface area contributed by atoms with Gasteiger partial charge in [-0.3, -0.25) is 9.69 Å². The van der Waals surface area contributed by atoms with Crippen LogP contribution in [0.25, 0.3) is 0 Å². The molecule has 18 heavy (non-hydrogen) atoms. The van der Waals surface area contributed by atoms with Crippen molar-refractivity contribution in [1.82, 2.24) is 4.90 Å². The number of hydrogen-bond acceptors (Lipinski definition) is 2. The van der Waals surface area contributed by atoms with Gasteiger partial charge in [0.25, 0.3) is 0 Å². The standard InChI is InChI=1S/C15H22ClNO/c1-4-8-17(9-5-2)11-15(18)13-6-7-14(16)12(3)10-13/h6-7,10H,4-5,8-9,11H2,1-3H3. The lowest BCUT2D eigenvalue weighted by atomic mass is 10.1. The van der Waals surface area contributed by atoms with E-state index in [1.165, 1.54) is 0 Å². The summed E-state index contributed by atoms with van der Waals surface area (Å²) >= 11 is 5.97. The maximum absolute atomic E-state index is 12.2. The van der Waals surface area contributed by atoms with E-state index < -0.39 is 0 Å². The topological polar surface area (TPSA) is 20.3 Å². The van der Waals surface area contributed by atoms with Crippen LogP contribution in [0, 0.1) is 6.92 Å². The van der Waals surface area contributed by atoms with Gasteiger partial charge in [0.15, 0.2) is 5.78 Å². The molecule has 0 unspecified atom stereocenters. The Kier molecular flexibility index (Phi) is 6.37. The van der Waals surface area contributed by atoms with Gasteiger partial charge in [0.2, 0.25) is 0 Å². The second-order valence-electron chi connectivity index (χ2n) is 4.66. The zero-order chi connectivity index (χ0) is 13.5. The van der Waals surface area contributed by atoms with Gasteiger partial charge in [-0.15, -0.1) is 0 Å². The van der Waals surface area contributed by atoms with Gasteiger partial charge in [-0.25, -0.2) is 0 Å². The molecule has 0 heterocycles. The van der Waals surface area contributed by atoms with Crippen molar-refractivity contribution < 1.29 is 4.79 Å². The maximum Gasteiger partial charge on any atom is 0.176 e. The van der Waals surface area contributed by atoms with Crippen molar-refractivity contribution >= 4 is 17.4 Å². The van der Waals surface area contributed by atoms with Gasteiger partial charge in [-0.05, 0) is 56.6 Å². The van der Waals surface area contributed by atoms with Crippen molar-refractivity contribution in [2.75, 3.05) is 19.6 Å². The summed E-state index contributed by atoms with van der Waals surface area (Å²) in [5, 5.41) is 0.713. The van der Waals surface area contributed by atoms with Crippen LogP contribution in [0.1, 0.15) is 42.6 Å². The number of aryl methyl sites for hydroxylation is 1. The summed E-state index contributed by atoms with van der Waals surface area (Å²) in [7, 11) is 0. The fraction of sp³-hybridized carbons (Fsp3) is 0.533. The van der Waals surface area contributed by atoms with Crippen molar-refractivity contribution in [3.05, 3.63) is 34.3 Å². The average Bonchev–Trinajstić information content (AvgIpc) is 2.33. The normalized spacial score (nSPS) is 10.9. The first-order valence-corrected chi connectivity index (χ1v) is 6.98. The fourth-order valence-electron chi connectivity index (χ4n) is 2.01. The number of benzene rings is 1. The van der Waals surface area contributed by atoms with Crippen molar-refractivity contribution in [1.29, 1.82) is 0 Å². The van der Waals surface area contributed by atoms with Gasteiger partial charge >= 0.3 is 0 Å². The van der Waals surface area contributed by atoms with E-state index in [1.54, 1.807) is 6.07 Å². The minimum Gasteiger partial charge on any atom is -0.296 e. The molecule has 0 radical (unpaired) electrons. The van der Waals surface area contributed by atoms with E-state index in [9.17, 15) is 4.79 Å². The number of rotatable bonds is 7. The summed E-state index contributed by atoms with van der Waals surface area (Å²) in [4.78, 5) is 14.4. The van der Waals surface area contributed by atoms with E-state index in [1.807, 2.05) is 19.1 Å². The van der Waals surface area contributed by atoms with Crippen molar-refractivity contribution in [3.8, 4) is 0 Å². The van der Waals surface area contributed by atoms with Gasteiger partial charge in [0.05, 0.1) is 6.54 Å². The molecule has 0 aliphatic carbocycles. The molecule has 1 rings (SSSR count). The van der Waals surface area contributed by atoms with Gasteiger partial charge < -0.3 is 0 Å². The summed E-state index contributed by atoms with van der Waals surface area (Å²) in [5.41, 5.74) is 1.72. The first-order valence-electron chi connectivity index (χ1n) is 6.60. The van der Waals surface area contributed by atoms with E-state index in [2.05, 4.69) is 18.7 Å². The molecule has 0 amide bonds. The molecule has 1 aromatic carbocycles. The Labute approximate surface area is 115 Å². The smallest absolute Gasteiger partial charge is 0.176 e. The SMILES string of the molecule is CCCN(CCC)CC(=O)c1ccc(Cl)c(C)c1. The molecule has 0 saturated carbocycles. The van der Waals surface area contributed by atoms with Crippen LogP contribution >= 0.6 is 11.6 Å². The van der Waals surface area contributed by atoms with Crippen LogP contribution in [0.5, 0.6) is 0 Å². The number of carbonyl (C=O) groups excluding carboxylic acids is 1. The Balaban J connectivity index is 2.70. The summed E-state index contributed by atoms with van der Waals surface area (Å²) in [6, 6.07) is 5.49. The highest BCUT2D eigenvalue weighted by Crippen LogP contribution is 2.16. The minimum atomic E-state index is 0.177. The van der Waals surface area contributed by atoms with Gasteiger partial charge in [-0.2, -0.15) is 0 Å². The van der Waals surface area contributed by atoms with E-state index in [0.717, 1.165) is 37.1 Å². The highest BCUT2D eigenvalue weighted by atomic mass is 35.5. The van der Waals surface area contributed by atoms with Crippen molar-refractivity contribution in [2.45, 2.75) is 33.6 Å². The van der Waals surface area contributed by atoms with E-state index in [0.29, 0.717) is 11.6 Å². The fourth-order valence-corrected chi connectivity index (χ4v) is 2.13. The Morgan fingerprint density at radius 2 is 1.83 bits per heavy atom. The lowest BCUT2D eigenvalue weighted by molar-refractivity contribution is 0.0930. The van der Waals surface area contributed by atoms with Crippen molar-refractivity contribution in [3.63, 3.8) is 0 Å². The minimum absolute atomic E-state index is 0.177. The van der Waals surface area contributed by atoms with Gasteiger partial charge in [0, 0.05) is 10.6 Å². The maximum atomic E-state index is 12.2. The third-order valence-corrected chi connectivity index (χ3v) is 3.35. The lowest BCUT2D eigenvalue weighted by Crippen LogP contribution is -2.31. The molecule has 0 atom stereocenters. The van der Waals surface area contributed by atoms with Crippen LogP contribution in [-0.4, -0.2) is 30.3 Å². The predicted molar refractivity (Wildman–Crippen MR) is 77.5 cm³/mol. The molecule has 0 aliphatic rings. The van der Waals surface area contributed by atoms with Crippen LogP contribution < -0.4 is 0 Å². The summed E-state index contributed by atoms with van der Waals surface area (Å²) in [6.45, 7) is 8.66. The largest absolute Gasteiger partial charge is 0.296 e. The molecule has 0 fully saturated rings. The Morgan fingerprint density at radius 3 is 2.33 bits per heavy atom. The Bertz CT molecular complexity index is 397. The summed E-state index contributed by atoms with van der Waals surface area (Å²) in [5.74, 6) is 0.177. The second-order valence-corrected chi connectivity index (χ2v) is 5.07. The zero-order valence-electron chi connectivity index (χ0n) is 11.5. The second kappa shape index (κ2) is 7.55. The third-order valence-electron chi connectivity index (χ3n) is 2.93. The van der Waals surface area contributed by atoms with Crippen LogP contribution in [0.2, 0.25) is 5.02 Å². The molecule has 0 saturated heterocycles. The number of halogens is 1. The van der Waals surface area contributed by atoms with Gasteiger partial charge in [-0.1, -0.05) is 25.4 Å². The molecule has 1 aromatic rings. The van der Waals surface area contributed by atoms with Crippen LogP contribution in [-0.2, 0) is 0 Å². The van der Waals surface area contributed by atoms with E-state index in [4.69, 9.17) is 11.6 Å². The van der Waals surface area contributed by atoms with Crippen LogP contribution in [0.4, 0.5) is 0 Å². The molecule has 2 nitrogen and oxygen atoms in total. The molecule has 0 spiro atoms. The van der Waals surface area contributed by atoms with Crippen LogP contribution in [0.15, 0.2) is 18.2 Å². The Morgan fingerprint density at radius 1 is 1.22 bits per heavy atom. The predicted octanol–water partition coefficient (Wildman–Crippen LogP) is 3.95. The first kappa shape index (κ1) is 15.2. The number of carbonyl (C=O) groups is 1. The third kappa shape index (κ3) is 4.43. The van der Waals surface area contributed by atoms with Crippen molar-refractivity contribution in [2.24, 2.45) is 0 Å². The van der Waals surface area contributed by atoms with Crippen LogP contribution in [0.3, 0.4) is 0 Å². The molecule has 0 aromatic heterocycles. The summed E-state index contributed by atoms with van der Waals surface area (Å²) in [6.07, 6.45) is 2.15.